The molecule has 216 valence electrons. The molecule has 1 saturated heterocycles. The van der Waals surface area contributed by atoms with Crippen molar-refractivity contribution in [3.8, 4) is 23.1 Å². The highest BCUT2D eigenvalue weighted by molar-refractivity contribution is 7.64. The number of piperidine rings is 1. The van der Waals surface area contributed by atoms with Crippen molar-refractivity contribution in [1.29, 1.82) is 0 Å². The molecule has 0 unspecified atom stereocenters. The molecule has 41 heavy (non-hydrogen) atoms. The summed E-state index contributed by atoms with van der Waals surface area (Å²) in [4.78, 5) is 2.31. The zero-order chi connectivity index (χ0) is 29.1. The summed E-state index contributed by atoms with van der Waals surface area (Å²) in [5.41, 5.74) is 3.51. The Morgan fingerprint density at radius 1 is 1.17 bits per heavy atom. The summed E-state index contributed by atoms with van der Waals surface area (Å²) in [6.07, 6.45) is -4.21. The van der Waals surface area contributed by atoms with Crippen molar-refractivity contribution in [3.63, 3.8) is 0 Å². The van der Waals surface area contributed by atoms with Crippen LogP contribution in [0, 0.1) is 11.8 Å². The number of hydrogen-bond donors (Lipinski definition) is 3. The summed E-state index contributed by atoms with van der Waals surface area (Å²) in [5, 5.41) is 15.4. The first-order valence-corrected chi connectivity index (χ1v) is 16.4. The second-order valence-electron chi connectivity index (χ2n) is 10.5. The van der Waals surface area contributed by atoms with E-state index in [4.69, 9.17) is 0 Å². The summed E-state index contributed by atoms with van der Waals surface area (Å²) in [6, 6.07) is 12.9. The first-order chi connectivity index (χ1) is 19.6. The number of thiophene rings is 1. The molecule has 3 N–H and O–H groups in total. The van der Waals surface area contributed by atoms with Crippen LogP contribution in [0.3, 0.4) is 0 Å². The van der Waals surface area contributed by atoms with Gasteiger partial charge in [-0.2, -0.15) is 18.3 Å². The van der Waals surface area contributed by atoms with Crippen molar-refractivity contribution in [2.24, 2.45) is 0 Å². The van der Waals surface area contributed by atoms with Gasteiger partial charge in [0, 0.05) is 30.5 Å². The second-order valence-corrected chi connectivity index (χ2v) is 13.8. The highest BCUT2D eigenvalue weighted by atomic mass is 32.1. The number of nitrogens with zero attached hydrogens (tertiary/aromatic N) is 2. The van der Waals surface area contributed by atoms with E-state index in [0.29, 0.717) is 33.6 Å². The Bertz CT molecular complexity index is 1550. The quantitative estimate of drug-likeness (QED) is 0.126. The van der Waals surface area contributed by atoms with Crippen molar-refractivity contribution >= 4 is 46.0 Å². The maximum atomic E-state index is 14.7. The topological polar surface area (TPSA) is 56.0 Å². The van der Waals surface area contributed by atoms with Crippen molar-refractivity contribution in [1.82, 2.24) is 15.1 Å². The lowest BCUT2D eigenvalue weighted by molar-refractivity contribution is -0.126. The first-order valence-electron chi connectivity index (χ1n) is 13.3. The summed E-state index contributed by atoms with van der Waals surface area (Å²) in [6.45, 7) is 5.70. The third-order valence-corrected chi connectivity index (χ3v) is 9.67. The molecule has 5 rings (SSSR count). The lowest BCUT2D eigenvalue weighted by Gasteiger charge is -2.33. The van der Waals surface area contributed by atoms with Crippen LogP contribution in [0.5, 0.6) is 0 Å². The van der Waals surface area contributed by atoms with Crippen molar-refractivity contribution < 1.29 is 17.6 Å². The van der Waals surface area contributed by atoms with Gasteiger partial charge in [0.1, 0.15) is 6.17 Å². The number of aromatic amines is 1. The minimum absolute atomic E-state index is 0.163. The Morgan fingerprint density at radius 2 is 2.00 bits per heavy atom. The van der Waals surface area contributed by atoms with E-state index in [9.17, 15) is 17.6 Å². The molecular formula is C30H32F4N5PS. The van der Waals surface area contributed by atoms with Crippen LogP contribution < -0.4 is 15.9 Å². The molecule has 2 aromatic carbocycles. The molecular weight excluding hydrogens is 569 g/mol. The SMILES string of the molecule is CN1CC[C@@H](Nc2cccc3c(CC(F)(F)F)c(C#CCNc4ccc(P(C)C)cc4-c4ccn[nH]4)sc23)[C@@H](F)C1. The molecule has 0 saturated carbocycles. The van der Waals surface area contributed by atoms with Gasteiger partial charge in [0.05, 0.1) is 40.0 Å². The van der Waals surface area contributed by atoms with Crippen molar-refractivity contribution in [2.75, 3.05) is 50.6 Å². The van der Waals surface area contributed by atoms with Crippen LogP contribution in [-0.4, -0.2) is 73.5 Å². The van der Waals surface area contributed by atoms with Crippen LogP contribution in [-0.2, 0) is 6.42 Å². The number of H-pyrrole nitrogens is 1. The summed E-state index contributed by atoms with van der Waals surface area (Å²) < 4.78 is 56.3. The molecule has 1 aliphatic heterocycles. The number of alkyl halides is 4. The van der Waals surface area contributed by atoms with Gasteiger partial charge in [-0.1, -0.05) is 38.0 Å². The molecule has 0 amide bonds. The van der Waals surface area contributed by atoms with Gasteiger partial charge in [-0.05, 0) is 67.3 Å². The molecule has 0 bridgehead atoms. The normalized spacial score (nSPS) is 18.0. The molecule has 0 radical (unpaired) electrons. The van der Waals surface area contributed by atoms with Gasteiger partial charge in [-0.25, -0.2) is 4.39 Å². The average molecular weight is 602 g/mol. The van der Waals surface area contributed by atoms with Crippen LogP contribution in [0.4, 0.5) is 28.9 Å². The average Bonchev–Trinajstić information content (AvgIpc) is 3.57. The van der Waals surface area contributed by atoms with E-state index in [1.807, 2.05) is 24.1 Å². The molecule has 3 heterocycles. The van der Waals surface area contributed by atoms with E-state index in [2.05, 4.69) is 58.1 Å². The minimum Gasteiger partial charge on any atom is -0.378 e. The van der Waals surface area contributed by atoms with Crippen molar-refractivity contribution in [2.45, 2.75) is 31.2 Å². The Morgan fingerprint density at radius 3 is 2.71 bits per heavy atom. The molecule has 0 aliphatic carbocycles. The van der Waals surface area contributed by atoms with Crippen LogP contribution >= 0.6 is 19.3 Å². The van der Waals surface area contributed by atoms with Gasteiger partial charge in [-0.15, -0.1) is 11.3 Å². The van der Waals surface area contributed by atoms with Gasteiger partial charge < -0.3 is 15.5 Å². The number of nitrogens with one attached hydrogen (secondary N) is 3. The van der Waals surface area contributed by atoms with Crippen LogP contribution in [0.15, 0.2) is 48.7 Å². The number of halogens is 4. The van der Waals surface area contributed by atoms with Crippen LogP contribution in [0.2, 0.25) is 0 Å². The molecule has 2 atom stereocenters. The third kappa shape index (κ3) is 7.03. The van der Waals surface area contributed by atoms with E-state index >= 15 is 0 Å². The van der Waals surface area contributed by atoms with E-state index in [0.717, 1.165) is 23.5 Å². The molecule has 1 aliphatic rings. The number of benzene rings is 2. The molecule has 11 heteroatoms. The van der Waals surface area contributed by atoms with Crippen LogP contribution in [0.1, 0.15) is 16.9 Å². The minimum atomic E-state index is -4.39. The molecule has 5 nitrogen and oxygen atoms in total. The fourth-order valence-electron chi connectivity index (χ4n) is 5.04. The largest absolute Gasteiger partial charge is 0.393 e. The Kier molecular flexibility index (Phi) is 8.88. The van der Waals surface area contributed by atoms with Gasteiger partial charge >= 0.3 is 6.18 Å². The van der Waals surface area contributed by atoms with Gasteiger partial charge in [0.15, 0.2) is 0 Å². The third-order valence-electron chi connectivity index (χ3n) is 7.16. The zero-order valence-electron chi connectivity index (χ0n) is 23.1. The van der Waals surface area contributed by atoms with Crippen molar-refractivity contribution in [3.05, 3.63) is 59.1 Å². The first kappa shape index (κ1) is 29.4. The van der Waals surface area contributed by atoms with E-state index in [-0.39, 0.29) is 20.0 Å². The molecule has 0 spiro atoms. The Balaban J connectivity index is 1.42. The summed E-state index contributed by atoms with van der Waals surface area (Å²) in [7, 11) is 1.59. The Labute approximate surface area is 242 Å². The monoisotopic (exact) mass is 601 g/mol. The number of hydrogen-bond acceptors (Lipinski definition) is 5. The predicted octanol–water partition coefficient (Wildman–Crippen LogP) is 6.68. The highest BCUT2D eigenvalue weighted by Crippen LogP contribution is 2.39. The van der Waals surface area contributed by atoms with E-state index < -0.39 is 24.8 Å². The zero-order valence-corrected chi connectivity index (χ0v) is 24.8. The van der Waals surface area contributed by atoms with E-state index in [1.54, 1.807) is 24.4 Å². The fraction of sp³-hybridized carbons (Fsp3) is 0.367. The van der Waals surface area contributed by atoms with Gasteiger partial charge in [-0.3, -0.25) is 5.10 Å². The van der Waals surface area contributed by atoms with Gasteiger partial charge in [0.2, 0.25) is 0 Å². The summed E-state index contributed by atoms with van der Waals surface area (Å²) in [5.74, 6) is 6.04. The number of rotatable bonds is 7. The lowest BCUT2D eigenvalue weighted by Crippen LogP contribution is -2.46. The summed E-state index contributed by atoms with van der Waals surface area (Å²) >= 11 is 1.23. The number of aromatic nitrogens is 2. The molecule has 1 fully saturated rings. The molecule has 2 aromatic heterocycles. The number of fused-ring (bicyclic) bond motifs is 1. The number of likely N-dealkylation sites (tertiary alicyclic amines) is 1. The predicted molar refractivity (Wildman–Crippen MR) is 164 cm³/mol. The highest BCUT2D eigenvalue weighted by Gasteiger charge is 2.32. The standard InChI is InChI=1S/C30H32F4N5PS/c1-39-15-12-26(23(31)18-39)37-27-7-4-6-20-22(17-30(32,33)34)28(41-29(20)27)8-5-13-35-24-10-9-19(40(2)3)16-21(24)25-11-14-36-38-25/h4,6-7,9-11,14,16,23,26,35,37H,12-13,15,17-18H2,1-3H3,(H,36,38)/t23-,26+/m0/s1. The molecule has 4 aromatic rings. The fourth-order valence-corrected chi connectivity index (χ4v) is 6.97. The lowest BCUT2D eigenvalue weighted by atomic mass is 10.0. The number of anilines is 2. The second kappa shape index (κ2) is 12.4. The van der Waals surface area contributed by atoms with E-state index in [1.165, 1.54) is 16.6 Å². The Hall–Kier alpha value is -3.12. The maximum Gasteiger partial charge on any atom is 0.393 e. The van der Waals surface area contributed by atoms with Gasteiger partial charge in [0.25, 0.3) is 0 Å². The maximum absolute atomic E-state index is 14.7. The van der Waals surface area contributed by atoms with Crippen LogP contribution in [0.25, 0.3) is 21.3 Å². The smallest absolute Gasteiger partial charge is 0.378 e.